The van der Waals surface area contributed by atoms with Gasteiger partial charge in [-0.2, -0.15) is 0 Å². The number of hydrogen-bond acceptors (Lipinski definition) is 3. The Labute approximate surface area is 124 Å². The molecule has 21 heavy (non-hydrogen) atoms. The number of rotatable bonds is 3. The van der Waals surface area contributed by atoms with Gasteiger partial charge >= 0.3 is 0 Å². The fourth-order valence-corrected chi connectivity index (χ4v) is 2.90. The first kappa shape index (κ1) is 13.6. The van der Waals surface area contributed by atoms with Crippen molar-refractivity contribution in [1.29, 1.82) is 0 Å². The Morgan fingerprint density at radius 3 is 2.81 bits per heavy atom. The van der Waals surface area contributed by atoms with Gasteiger partial charge in [-0.05, 0) is 42.2 Å². The molecule has 1 saturated heterocycles. The maximum Gasteiger partial charge on any atom is 0.227 e. The van der Waals surface area contributed by atoms with Crippen LogP contribution in [0, 0.1) is 0 Å². The first-order valence-electron chi connectivity index (χ1n) is 7.28. The van der Waals surface area contributed by atoms with Gasteiger partial charge < -0.3 is 10.6 Å². The van der Waals surface area contributed by atoms with Gasteiger partial charge in [0.2, 0.25) is 5.91 Å². The van der Waals surface area contributed by atoms with E-state index in [1.165, 1.54) is 0 Å². The van der Waals surface area contributed by atoms with E-state index < -0.39 is 0 Å². The van der Waals surface area contributed by atoms with Crippen molar-refractivity contribution in [2.45, 2.75) is 25.3 Å². The molecule has 1 amide bonds. The molecule has 1 aromatic carbocycles. The number of anilines is 1. The standard InChI is InChI=1S/C17H19N3O/c18-15-7-5-13(6-8-15)11-17(21)20-10-2-4-16(20)14-3-1-9-19-12-14/h1,3,5-9,12,16H,2,4,10-11,18H2. The summed E-state index contributed by atoms with van der Waals surface area (Å²) in [5.74, 6) is 0.172. The van der Waals surface area contributed by atoms with Crippen LogP contribution in [0.3, 0.4) is 0 Å². The Bertz CT molecular complexity index is 610. The van der Waals surface area contributed by atoms with Gasteiger partial charge in [0.15, 0.2) is 0 Å². The number of nitrogens with two attached hydrogens (primary N) is 1. The first-order valence-corrected chi connectivity index (χ1v) is 7.28. The number of pyridine rings is 1. The van der Waals surface area contributed by atoms with Crippen LogP contribution in [0.15, 0.2) is 48.8 Å². The molecule has 1 atom stereocenters. The number of aromatic nitrogens is 1. The van der Waals surface area contributed by atoms with Crippen molar-refractivity contribution in [2.75, 3.05) is 12.3 Å². The second-order valence-electron chi connectivity index (χ2n) is 5.45. The van der Waals surface area contributed by atoms with Crippen LogP contribution in [0.1, 0.15) is 30.0 Å². The van der Waals surface area contributed by atoms with E-state index in [2.05, 4.69) is 4.98 Å². The highest BCUT2D eigenvalue weighted by molar-refractivity contribution is 5.79. The van der Waals surface area contributed by atoms with E-state index in [-0.39, 0.29) is 11.9 Å². The van der Waals surface area contributed by atoms with Gasteiger partial charge in [0.05, 0.1) is 12.5 Å². The van der Waals surface area contributed by atoms with E-state index in [4.69, 9.17) is 5.73 Å². The molecule has 108 valence electrons. The minimum Gasteiger partial charge on any atom is -0.399 e. The summed E-state index contributed by atoms with van der Waals surface area (Å²) >= 11 is 0. The zero-order valence-corrected chi connectivity index (χ0v) is 11.9. The van der Waals surface area contributed by atoms with Crippen molar-refractivity contribution in [3.63, 3.8) is 0 Å². The van der Waals surface area contributed by atoms with E-state index in [9.17, 15) is 4.79 Å². The second-order valence-corrected chi connectivity index (χ2v) is 5.45. The third-order valence-corrected chi connectivity index (χ3v) is 3.98. The maximum atomic E-state index is 12.6. The predicted molar refractivity (Wildman–Crippen MR) is 82.5 cm³/mol. The highest BCUT2D eigenvalue weighted by atomic mass is 16.2. The monoisotopic (exact) mass is 281 g/mol. The quantitative estimate of drug-likeness (QED) is 0.880. The largest absolute Gasteiger partial charge is 0.399 e. The molecule has 4 heteroatoms. The average Bonchev–Trinajstić information content (AvgIpc) is 3.00. The van der Waals surface area contributed by atoms with E-state index in [0.717, 1.165) is 36.2 Å². The highest BCUT2D eigenvalue weighted by Crippen LogP contribution is 2.31. The fraction of sp³-hybridized carbons (Fsp3) is 0.294. The zero-order valence-electron chi connectivity index (χ0n) is 11.9. The predicted octanol–water partition coefficient (Wildman–Crippen LogP) is 2.57. The molecule has 4 nitrogen and oxygen atoms in total. The van der Waals surface area contributed by atoms with Gasteiger partial charge in [0.1, 0.15) is 0 Å². The normalized spacial score (nSPS) is 17.9. The zero-order chi connectivity index (χ0) is 14.7. The van der Waals surface area contributed by atoms with Gasteiger partial charge in [-0.3, -0.25) is 9.78 Å². The molecule has 1 aromatic heterocycles. The molecule has 0 saturated carbocycles. The second kappa shape index (κ2) is 5.95. The van der Waals surface area contributed by atoms with Crippen molar-refractivity contribution in [1.82, 2.24) is 9.88 Å². The molecule has 2 heterocycles. The highest BCUT2D eigenvalue weighted by Gasteiger charge is 2.29. The maximum absolute atomic E-state index is 12.6. The Morgan fingerprint density at radius 1 is 1.29 bits per heavy atom. The van der Waals surface area contributed by atoms with E-state index in [1.807, 2.05) is 47.5 Å². The minimum absolute atomic E-state index is 0.167. The summed E-state index contributed by atoms with van der Waals surface area (Å²) in [6.07, 6.45) is 6.11. The van der Waals surface area contributed by atoms with Crippen molar-refractivity contribution in [3.8, 4) is 0 Å². The van der Waals surface area contributed by atoms with Crippen LogP contribution >= 0.6 is 0 Å². The number of nitrogens with zero attached hydrogens (tertiary/aromatic N) is 2. The molecular formula is C17H19N3O. The van der Waals surface area contributed by atoms with Crippen molar-refractivity contribution < 1.29 is 4.79 Å². The molecule has 2 aromatic rings. The van der Waals surface area contributed by atoms with Gasteiger partial charge in [-0.1, -0.05) is 18.2 Å². The third-order valence-electron chi connectivity index (χ3n) is 3.98. The average molecular weight is 281 g/mol. The molecular weight excluding hydrogens is 262 g/mol. The third kappa shape index (κ3) is 3.05. The van der Waals surface area contributed by atoms with Gasteiger partial charge in [0, 0.05) is 24.6 Å². The number of nitrogen functional groups attached to an aromatic ring is 1. The van der Waals surface area contributed by atoms with E-state index in [1.54, 1.807) is 6.20 Å². The van der Waals surface area contributed by atoms with Crippen LogP contribution < -0.4 is 5.73 Å². The number of amides is 1. The molecule has 0 bridgehead atoms. The molecule has 3 rings (SSSR count). The summed E-state index contributed by atoms with van der Waals surface area (Å²) in [4.78, 5) is 18.7. The summed E-state index contributed by atoms with van der Waals surface area (Å²) in [5.41, 5.74) is 8.53. The Hall–Kier alpha value is -2.36. The van der Waals surface area contributed by atoms with Gasteiger partial charge in [0.25, 0.3) is 0 Å². The van der Waals surface area contributed by atoms with Gasteiger partial charge in [-0.25, -0.2) is 0 Å². The number of likely N-dealkylation sites (tertiary alicyclic amines) is 1. The van der Waals surface area contributed by atoms with Crippen molar-refractivity contribution >= 4 is 11.6 Å². The molecule has 2 N–H and O–H groups in total. The molecule has 0 radical (unpaired) electrons. The minimum atomic E-state index is 0.167. The van der Waals surface area contributed by atoms with Crippen molar-refractivity contribution in [2.24, 2.45) is 0 Å². The SMILES string of the molecule is Nc1ccc(CC(=O)N2CCCC2c2cccnc2)cc1. The van der Waals surface area contributed by atoms with Crippen LogP contribution in [-0.2, 0) is 11.2 Å². The Balaban J connectivity index is 1.73. The van der Waals surface area contributed by atoms with Crippen LogP contribution in [0.4, 0.5) is 5.69 Å². The van der Waals surface area contributed by atoms with Crippen molar-refractivity contribution in [3.05, 3.63) is 59.9 Å². The van der Waals surface area contributed by atoms with Crippen LogP contribution in [0.5, 0.6) is 0 Å². The molecule has 0 aliphatic carbocycles. The lowest BCUT2D eigenvalue weighted by Crippen LogP contribution is -2.31. The number of carbonyl (C=O) groups is 1. The summed E-state index contributed by atoms with van der Waals surface area (Å²) in [6, 6.07) is 11.7. The Kier molecular flexibility index (Phi) is 3.86. The fourth-order valence-electron chi connectivity index (χ4n) is 2.90. The number of carbonyl (C=O) groups excluding carboxylic acids is 1. The Morgan fingerprint density at radius 2 is 2.10 bits per heavy atom. The smallest absolute Gasteiger partial charge is 0.227 e. The lowest BCUT2D eigenvalue weighted by atomic mass is 10.1. The lowest BCUT2D eigenvalue weighted by Gasteiger charge is -2.25. The topological polar surface area (TPSA) is 59.2 Å². The molecule has 1 aliphatic heterocycles. The summed E-state index contributed by atoms with van der Waals surface area (Å²) in [6.45, 7) is 0.827. The molecule has 1 aliphatic rings. The van der Waals surface area contributed by atoms with E-state index >= 15 is 0 Å². The molecule has 1 unspecified atom stereocenters. The summed E-state index contributed by atoms with van der Waals surface area (Å²) in [7, 11) is 0. The lowest BCUT2D eigenvalue weighted by molar-refractivity contribution is -0.131. The number of hydrogen-bond donors (Lipinski definition) is 1. The van der Waals surface area contributed by atoms with Crippen LogP contribution in [0.25, 0.3) is 0 Å². The first-order chi connectivity index (χ1) is 10.2. The van der Waals surface area contributed by atoms with Crippen LogP contribution in [-0.4, -0.2) is 22.3 Å². The van der Waals surface area contributed by atoms with Crippen LogP contribution in [0.2, 0.25) is 0 Å². The molecule has 1 fully saturated rings. The summed E-state index contributed by atoms with van der Waals surface area (Å²) < 4.78 is 0. The van der Waals surface area contributed by atoms with Gasteiger partial charge in [-0.15, -0.1) is 0 Å². The molecule has 0 spiro atoms. The number of benzene rings is 1. The summed E-state index contributed by atoms with van der Waals surface area (Å²) in [5, 5.41) is 0. The van der Waals surface area contributed by atoms with E-state index in [0.29, 0.717) is 6.42 Å².